The summed E-state index contributed by atoms with van der Waals surface area (Å²) in [5, 5.41) is 0. The van der Waals surface area contributed by atoms with E-state index in [0.29, 0.717) is 6.29 Å². The molecule has 0 N–H and O–H groups in total. The molecule has 0 bridgehead atoms. The van der Waals surface area contributed by atoms with E-state index in [1.54, 1.807) is 0 Å². The van der Waals surface area contributed by atoms with Gasteiger partial charge in [0.2, 0.25) is 0 Å². The lowest BCUT2D eigenvalue weighted by molar-refractivity contribution is -0.0669. The molecule has 0 aliphatic heterocycles. The summed E-state index contributed by atoms with van der Waals surface area (Å²) in [5.74, 6) is 0.102. The highest BCUT2D eigenvalue weighted by Crippen LogP contribution is 2.24. The van der Waals surface area contributed by atoms with E-state index in [0.717, 1.165) is 6.07 Å². The van der Waals surface area contributed by atoms with Gasteiger partial charge in [0.1, 0.15) is 11.5 Å². The van der Waals surface area contributed by atoms with Crippen LogP contribution in [0.15, 0.2) is 18.2 Å². The lowest BCUT2D eigenvalue weighted by Gasteiger charge is -2.11. The van der Waals surface area contributed by atoms with Crippen molar-refractivity contribution in [2.24, 2.45) is 0 Å². The van der Waals surface area contributed by atoms with Crippen LogP contribution in [-0.4, -0.2) is 26.2 Å². The second kappa shape index (κ2) is 5.39. The molecule has 0 saturated heterocycles. The van der Waals surface area contributed by atoms with Gasteiger partial charge >= 0.3 is 6.43 Å². The number of halogens is 3. The van der Waals surface area contributed by atoms with E-state index in [1.165, 1.54) is 19.2 Å². The van der Waals surface area contributed by atoms with E-state index < -0.39 is 12.8 Å². The molecule has 3 nitrogen and oxygen atoms in total. The van der Waals surface area contributed by atoms with E-state index in [1.807, 2.05) is 0 Å². The van der Waals surface area contributed by atoms with Gasteiger partial charge in [-0.25, -0.2) is 8.78 Å². The Labute approximate surface area is 89.8 Å². The van der Waals surface area contributed by atoms with E-state index in [4.69, 9.17) is 4.74 Å². The Morgan fingerprint density at radius 3 is 2.50 bits per heavy atom. The Morgan fingerprint density at radius 2 is 2.00 bits per heavy atom. The number of ether oxygens (including phenoxy) is 2. The quantitative estimate of drug-likeness (QED) is 0.734. The van der Waals surface area contributed by atoms with E-state index in [9.17, 15) is 18.0 Å². The summed E-state index contributed by atoms with van der Waals surface area (Å²) in [5.41, 5.74) is 0.0986. The number of benzene rings is 1. The van der Waals surface area contributed by atoms with Crippen LogP contribution in [0.2, 0.25) is 0 Å². The fourth-order valence-electron chi connectivity index (χ4n) is 1.06. The van der Waals surface area contributed by atoms with Gasteiger partial charge in [0.05, 0.1) is 12.7 Å². The predicted molar refractivity (Wildman–Crippen MR) is 49.9 cm³/mol. The van der Waals surface area contributed by atoms with Crippen molar-refractivity contribution in [1.29, 1.82) is 0 Å². The summed E-state index contributed by atoms with van der Waals surface area (Å²) in [7, 11) is 1.35. The van der Waals surface area contributed by atoms with Gasteiger partial charge < -0.3 is 9.47 Å². The molecule has 6 heteroatoms. The van der Waals surface area contributed by atoms with Crippen molar-refractivity contribution in [3.63, 3.8) is 0 Å². The number of carbonyl (C=O) groups excluding carboxylic acids is 1. The average Bonchev–Trinajstić information content (AvgIpc) is 2.28. The third-order valence-corrected chi connectivity index (χ3v) is 1.77. The third-order valence-electron chi connectivity index (χ3n) is 1.77. The van der Waals surface area contributed by atoms with Crippen LogP contribution in [-0.2, 0) is 0 Å². The first-order valence-corrected chi connectivity index (χ1v) is 4.30. The van der Waals surface area contributed by atoms with E-state index in [2.05, 4.69) is 4.74 Å². The lowest BCUT2D eigenvalue weighted by atomic mass is 10.2. The third kappa shape index (κ3) is 2.88. The first-order chi connectivity index (χ1) is 7.58. The van der Waals surface area contributed by atoms with Crippen molar-refractivity contribution in [3.05, 3.63) is 23.8 Å². The van der Waals surface area contributed by atoms with Gasteiger partial charge in [0, 0.05) is 0 Å². The first-order valence-electron chi connectivity index (χ1n) is 4.30. The highest BCUT2D eigenvalue weighted by molar-refractivity contribution is 5.80. The fraction of sp³-hybridized carbons (Fsp3) is 0.300. The van der Waals surface area contributed by atoms with Crippen molar-refractivity contribution in [2.45, 2.75) is 12.8 Å². The Kier molecular flexibility index (Phi) is 4.16. The van der Waals surface area contributed by atoms with Crippen LogP contribution in [0, 0.1) is 0 Å². The molecule has 0 fully saturated rings. The maximum atomic E-state index is 12.5. The molecule has 0 aliphatic carbocycles. The molecule has 0 radical (unpaired) electrons. The molecule has 88 valence electrons. The molecule has 1 aromatic rings. The fourth-order valence-corrected chi connectivity index (χ4v) is 1.06. The summed E-state index contributed by atoms with van der Waals surface area (Å²) in [6.07, 6.45) is -5.49. The van der Waals surface area contributed by atoms with Crippen LogP contribution in [0.4, 0.5) is 13.2 Å². The number of alkyl halides is 3. The number of carbonyl (C=O) groups is 1. The molecule has 0 amide bonds. The summed E-state index contributed by atoms with van der Waals surface area (Å²) in [6.45, 7) is 0. The minimum Gasteiger partial charge on any atom is -0.496 e. The zero-order valence-electron chi connectivity index (χ0n) is 8.32. The summed E-state index contributed by atoms with van der Waals surface area (Å²) in [6, 6.07) is 3.69. The van der Waals surface area contributed by atoms with Crippen molar-refractivity contribution < 1.29 is 27.4 Å². The standard InChI is InChI=1S/C10H9F3O3/c1-15-8-3-2-7(4-6(8)5-14)16-10(13)9(11)12/h2-5,9-10H,1H3. The van der Waals surface area contributed by atoms with Gasteiger partial charge in [-0.05, 0) is 18.2 Å². The van der Waals surface area contributed by atoms with Crippen molar-refractivity contribution in [1.82, 2.24) is 0 Å². The largest absolute Gasteiger partial charge is 0.496 e. The molecular formula is C10H9F3O3. The normalized spacial score (nSPS) is 12.3. The monoisotopic (exact) mass is 234 g/mol. The number of hydrogen-bond donors (Lipinski definition) is 0. The topological polar surface area (TPSA) is 35.5 Å². The molecule has 1 unspecified atom stereocenters. The van der Waals surface area contributed by atoms with Gasteiger partial charge in [-0.2, -0.15) is 4.39 Å². The zero-order chi connectivity index (χ0) is 12.1. The Bertz CT molecular complexity index is 368. The maximum absolute atomic E-state index is 12.5. The second-order valence-electron chi connectivity index (χ2n) is 2.83. The summed E-state index contributed by atoms with van der Waals surface area (Å²) < 4.78 is 45.3. The average molecular weight is 234 g/mol. The highest BCUT2D eigenvalue weighted by atomic mass is 19.3. The first kappa shape index (κ1) is 12.4. The molecule has 0 aliphatic rings. The van der Waals surface area contributed by atoms with Crippen LogP contribution >= 0.6 is 0 Å². The molecule has 1 atom stereocenters. The van der Waals surface area contributed by atoms with E-state index in [-0.39, 0.29) is 17.1 Å². The molecule has 0 heterocycles. The van der Waals surface area contributed by atoms with Gasteiger partial charge in [-0.15, -0.1) is 0 Å². The molecule has 1 rings (SSSR count). The van der Waals surface area contributed by atoms with Crippen molar-refractivity contribution in [2.75, 3.05) is 7.11 Å². The predicted octanol–water partition coefficient (Wildman–Crippen LogP) is 2.45. The Balaban J connectivity index is 2.87. The highest BCUT2D eigenvalue weighted by Gasteiger charge is 2.21. The Morgan fingerprint density at radius 1 is 1.31 bits per heavy atom. The van der Waals surface area contributed by atoms with E-state index >= 15 is 0 Å². The maximum Gasteiger partial charge on any atom is 0.304 e. The minimum atomic E-state index is -3.23. The van der Waals surface area contributed by atoms with Gasteiger partial charge in [-0.1, -0.05) is 0 Å². The smallest absolute Gasteiger partial charge is 0.304 e. The molecule has 0 spiro atoms. The second-order valence-corrected chi connectivity index (χ2v) is 2.83. The molecule has 16 heavy (non-hydrogen) atoms. The number of hydrogen-bond acceptors (Lipinski definition) is 3. The summed E-state index contributed by atoms with van der Waals surface area (Å²) >= 11 is 0. The van der Waals surface area contributed by atoms with Crippen LogP contribution < -0.4 is 9.47 Å². The van der Waals surface area contributed by atoms with Gasteiger partial charge in [0.25, 0.3) is 6.36 Å². The van der Waals surface area contributed by atoms with Crippen LogP contribution in [0.5, 0.6) is 11.5 Å². The molecule has 0 aromatic heterocycles. The van der Waals surface area contributed by atoms with Gasteiger partial charge in [-0.3, -0.25) is 4.79 Å². The SMILES string of the molecule is COc1ccc(OC(F)C(F)F)cc1C=O. The number of rotatable bonds is 5. The summed E-state index contributed by atoms with van der Waals surface area (Å²) in [4.78, 5) is 10.6. The molecule has 0 saturated carbocycles. The van der Waals surface area contributed by atoms with Crippen LogP contribution in [0.25, 0.3) is 0 Å². The molecular weight excluding hydrogens is 225 g/mol. The lowest BCUT2D eigenvalue weighted by Crippen LogP contribution is -2.19. The molecule has 1 aromatic carbocycles. The van der Waals surface area contributed by atoms with Gasteiger partial charge in [0.15, 0.2) is 6.29 Å². The van der Waals surface area contributed by atoms with Crippen LogP contribution in [0.1, 0.15) is 10.4 Å². The van der Waals surface area contributed by atoms with Crippen molar-refractivity contribution >= 4 is 6.29 Å². The number of methoxy groups -OCH3 is 1. The number of aldehydes is 1. The zero-order valence-corrected chi connectivity index (χ0v) is 8.32. The Hall–Kier alpha value is -1.72. The minimum absolute atomic E-state index is 0.0986. The van der Waals surface area contributed by atoms with Crippen molar-refractivity contribution in [3.8, 4) is 11.5 Å². The van der Waals surface area contributed by atoms with Crippen LogP contribution in [0.3, 0.4) is 0 Å².